The second-order valence-corrected chi connectivity index (χ2v) is 5.87. The van der Waals surface area contributed by atoms with Crippen LogP contribution in [0, 0.1) is 0 Å². The molecule has 1 heterocycles. The second-order valence-electron chi connectivity index (χ2n) is 5.87. The first-order valence-electron chi connectivity index (χ1n) is 8.97. The number of para-hydroxylation sites is 1. The zero-order valence-corrected chi connectivity index (χ0v) is 15.8. The van der Waals surface area contributed by atoms with Gasteiger partial charge in [-0.25, -0.2) is 4.98 Å². The van der Waals surface area contributed by atoms with Gasteiger partial charge in [-0.15, -0.1) is 0 Å². The van der Waals surface area contributed by atoms with Gasteiger partial charge < -0.3 is 19.5 Å². The summed E-state index contributed by atoms with van der Waals surface area (Å²) >= 11 is 0. The van der Waals surface area contributed by atoms with Crippen molar-refractivity contribution in [3.63, 3.8) is 0 Å². The van der Waals surface area contributed by atoms with Crippen LogP contribution in [0.5, 0.6) is 23.1 Å². The Kier molecular flexibility index (Phi) is 6.46. The highest BCUT2D eigenvalue weighted by Crippen LogP contribution is 2.28. The van der Waals surface area contributed by atoms with Crippen LogP contribution < -0.4 is 19.5 Å². The number of amides is 1. The maximum atomic E-state index is 12.7. The summed E-state index contributed by atoms with van der Waals surface area (Å²) in [7, 11) is 1.59. The highest BCUT2D eigenvalue weighted by atomic mass is 16.5. The van der Waals surface area contributed by atoms with Gasteiger partial charge >= 0.3 is 0 Å². The van der Waals surface area contributed by atoms with Crippen LogP contribution in [-0.2, 0) is 6.54 Å². The van der Waals surface area contributed by atoms with Gasteiger partial charge in [0.2, 0.25) is 5.88 Å². The summed E-state index contributed by atoms with van der Waals surface area (Å²) in [6.07, 6.45) is 1.59. The molecule has 2 aromatic carbocycles. The largest absolute Gasteiger partial charge is 0.493 e. The van der Waals surface area contributed by atoms with E-state index < -0.39 is 0 Å². The number of hydrogen-bond acceptors (Lipinski definition) is 5. The highest BCUT2D eigenvalue weighted by molar-refractivity contribution is 5.96. The maximum Gasteiger partial charge on any atom is 0.257 e. The molecule has 1 N–H and O–H groups in total. The lowest BCUT2D eigenvalue weighted by atomic mass is 10.2. The molecule has 6 heteroatoms. The Morgan fingerprint density at radius 1 is 1.04 bits per heavy atom. The SMILES string of the molecule is CCOc1ccc(CNC(=O)c2cccnc2Oc2ccccc2)cc1OC. The van der Waals surface area contributed by atoms with E-state index in [1.165, 1.54) is 0 Å². The summed E-state index contributed by atoms with van der Waals surface area (Å²) in [5.74, 6) is 1.91. The molecule has 0 radical (unpaired) electrons. The van der Waals surface area contributed by atoms with Crippen LogP contribution in [0.3, 0.4) is 0 Å². The van der Waals surface area contributed by atoms with Crippen molar-refractivity contribution in [3.8, 4) is 23.1 Å². The second kappa shape index (κ2) is 9.41. The molecule has 1 amide bonds. The number of pyridine rings is 1. The average molecular weight is 378 g/mol. The van der Waals surface area contributed by atoms with E-state index in [0.717, 1.165) is 5.56 Å². The van der Waals surface area contributed by atoms with Gasteiger partial charge in [0.1, 0.15) is 11.3 Å². The minimum atomic E-state index is -0.271. The van der Waals surface area contributed by atoms with Crippen LogP contribution in [0.15, 0.2) is 66.9 Å². The molecule has 0 unspecified atom stereocenters. The van der Waals surface area contributed by atoms with Crippen molar-refractivity contribution < 1.29 is 19.0 Å². The Balaban J connectivity index is 1.70. The third-order valence-electron chi connectivity index (χ3n) is 3.95. The molecule has 3 aromatic rings. The fraction of sp³-hybridized carbons (Fsp3) is 0.182. The minimum absolute atomic E-state index is 0.260. The highest BCUT2D eigenvalue weighted by Gasteiger charge is 2.14. The van der Waals surface area contributed by atoms with Crippen molar-refractivity contribution in [1.82, 2.24) is 10.3 Å². The number of aromatic nitrogens is 1. The standard InChI is InChI=1S/C22H22N2O4/c1-3-27-19-12-11-16(14-20(19)26-2)15-24-21(25)18-10-7-13-23-22(18)28-17-8-5-4-6-9-17/h4-14H,3,15H2,1-2H3,(H,24,25). The fourth-order valence-electron chi connectivity index (χ4n) is 2.62. The van der Waals surface area contributed by atoms with Gasteiger partial charge in [0.15, 0.2) is 11.5 Å². The monoisotopic (exact) mass is 378 g/mol. The van der Waals surface area contributed by atoms with E-state index in [4.69, 9.17) is 14.2 Å². The molecule has 0 aliphatic carbocycles. The number of rotatable bonds is 8. The van der Waals surface area contributed by atoms with Gasteiger partial charge in [-0.2, -0.15) is 0 Å². The lowest BCUT2D eigenvalue weighted by Gasteiger charge is -2.12. The molecule has 0 aliphatic heterocycles. The number of nitrogens with one attached hydrogen (secondary N) is 1. The summed E-state index contributed by atoms with van der Waals surface area (Å²) in [6.45, 7) is 2.80. The topological polar surface area (TPSA) is 69.7 Å². The van der Waals surface area contributed by atoms with E-state index in [-0.39, 0.29) is 11.8 Å². The number of ether oxygens (including phenoxy) is 3. The predicted molar refractivity (Wildman–Crippen MR) is 106 cm³/mol. The van der Waals surface area contributed by atoms with Crippen LogP contribution in [-0.4, -0.2) is 24.6 Å². The van der Waals surface area contributed by atoms with Crippen molar-refractivity contribution in [1.29, 1.82) is 0 Å². The summed E-state index contributed by atoms with van der Waals surface area (Å²) in [5, 5.41) is 2.89. The lowest BCUT2D eigenvalue weighted by molar-refractivity contribution is 0.0948. The number of methoxy groups -OCH3 is 1. The molecule has 28 heavy (non-hydrogen) atoms. The van der Waals surface area contributed by atoms with E-state index in [1.807, 2.05) is 55.5 Å². The molecular formula is C22H22N2O4. The molecule has 6 nitrogen and oxygen atoms in total. The quantitative estimate of drug-likeness (QED) is 0.636. The molecule has 0 saturated heterocycles. The average Bonchev–Trinajstić information content (AvgIpc) is 2.74. The summed E-state index contributed by atoms with van der Waals surface area (Å²) in [4.78, 5) is 16.9. The van der Waals surface area contributed by atoms with Crippen LogP contribution in [0.1, 0.15) is 22.8 Å². The van der Waals surface area contributed by atoms with E-state index in [1.54, 1.807) is 25.4 Å². The van der Waals surface area contributed by atoms with Gasteiger partial charge in [-0.3, -0.25) is 4.79 Å². The Morgan fingerprint density at radius 3 is 2.61 bits per heavy atom. The van der Waals surface area contributed by atoms with Gasteiger partial charge in [0.25, 0.3) is 5.91 Å². The third kappa shape index (κ3) is 4.79. The lowest BCUT2D eigenvalue weighted by Crippen LogP contribution is -2.23. The summed E-state index contributed by atoms with van der Waals surface area (Å²) < 4.78 is 16.6. The molecule has 144 valence electrons. The Morgan fingerprint density at radius 2 is 1.86 bits per heavy atom. The van der Waals surface area contributed by atoms with Crippen LogP contribution >= 0.6 is 0 Å². The first kappa shape index (κ1) is 19.2. The molecule has 0 fully saturated rings. The molecular weight excluding hydrogens is 356 g/mol. The zero-order valence-electron chi connectivity index (χ0n) is 15.8. The zero-order chi connectivity index (χ0) is 19.8. The van der Waals surface area contributed by atoms with E-state index in [9.17, 15) is 4.79 Å². The molecule has 0 saturated carbocycles. The minimum Gasteiger partial charge on any atom is -0.493 e. The maximum absolute atomic E-state index is 12.7. The Labute approximate surface area is 164 Å². The number of nitrogens with zero attached hydrogens (tertiary/aromatic N) is 1. The molecule has 0 aliphatic rings. The van der Waals surface area contributed by atoms with E-state index in [0.29, 0.717) is 36.0 Å². The third-order valence-corrected chi connectivity index (χ3v) is 3.95. The predicted octanol–water partition coefficient (Wildman–Crippen LogP) is 4.21. The molecule has 0 spiro atoms. The number of carbonyl (C=O) groups excluding carboxylic acids is 1. The molecule has 3 rings (SSSR count). The molecule has 0 bridgehead atoms. The van der Waals surface area contributed by atoms with Crippen molar-refractivity contribution >= 4 is 5.91 Å². The van der Waals surface area contributed by atoms with Crippen molar-refractivity contribution in [2.75, 3.05) is 13.7 Å². The molecule has 1 aromatic heterocycles. The van der Waals surface area contributed by atoms with Gasteiger partial charge in [-0.1, -0.05) is 24.3 Å². The van der Waals surface area contributed by atoms with Crippen molar-refractivity contribution in [3.05, 3.63) is 78.0 Å². The van der Waals surface area contributed by atoms with Crippen LogP contribution in [0.4, 0.5) is 0 Å². The van der Waals surface area contributed by atoms with Crippen molar-refractivity contribution in [2.24, 2.45) is 0 Å². The van der Waals surface area contributed by atoms with Crippen LogP contribution in [0.25, 0.3) is 0 Å². The van der Waals surface area contributed by atoms with Crippen molar-refractivity contribution in [2.45, 2.75) is 13.5 Å². The summed E-state index contributed by atoms with van der Waals surface area (Å²) in [6, 6.07) is 18.2. The summed E-state index contributed by atoms with van der Waals surface area (Å²) in [5.41, 5.74) is 1.26. The van der Waals surface area contributed by atoms with Gasteiger partial charge in [0.05, 0.1) is 13.7 Å². The van der Waals surface area contributed by atoms with E-state index >= 15 is 0 Å². The number of carbonyl (C=O) groups is 1. The van der Waals surface area contributed by atoms with Gasteiger partial charge in [0, 0.05) is 12.7 Å². The van der Waals surface area contributed by atoms with Gasteiger partial charge in [-0.05, 0) is 48.9 Å². The van der Waals surface area contributed by atoms with Crippen LogP contribution in [0.2, 0.25) is 0 Å². The number of hydrogen-bond donors (Lipinski definition) is 1. The smallest absolute Gasteiger partial charge is 0.257 e. The normalized spacial score (nSPS) is 10.2. The number of benzene rings is 2. The Hall–Kier alpha value is -3.54. The first-order chi connectivity index (χ1) is 13.7. The Bertz CT molecular complexity index is 929. The first-order valence-corrected chi connectivity index (χ1v) is 8.97. The fourth-order valence-corrected chi connectivity index (χ4v) is 2.62. The van der Waals surface area contributed by atoms with E-state index in [2.05, 4.69) is 10.3 Å². The molecule has 0 atom stereocenters.